The van der Waals surface area contributed by atoms with Crippen molar-refractivity contribution < 1.29 is 9.18 Å². The maximum absolute atomic E-state index is 14.7. The van der Waals surface area contributed by atoms with Gasteiger partial charge in [0, 0.05) is 43.4 Å². The zero-order valence-electron chi connectivity index (χ0n) is 17.4. The Balaban J connectivity index is 1.43. The number of aromatic amines is 1. The molecule has 32 heavy (non-hydrogen) atoms. The van der Waals surface area contributed by atoms with Crippen LogP contribution in [0, 0.1) is 11.2 Å². The van der Waals surface area contributed by atoms with Gasteiger partial charge in [-0.15, -0.1) is 0 Å². The predicted molar refractivity (Wildman–Crippen MR) is 122 cm³/mol. The number of aromatic nitrogens is 2. The highest BCUT2D eigenvalue weighted by Gasteiger charge is 2.41. The van der Waals surface area contributed by atoms with E-state index in [-0.39, 0.29) is 32.6 Å². The number of fused-ring (bicyclic) bond motifs is 1. The second kappa shape index (κ2) is 8.21. The van der Waals surface area contributed by atoms with Crippen molar-refractivity contribution in [3.8, 4) is 0 Å². The maximum Gasteiger partial charge on any atom is 0.272 e. The highest BCUT2D eigenvalue weighted by atomic mass is 35.5. The molecule has 2 aliphatic rings. The van der Waals surface area contributed by atoms with E-state index in [1.807, 2.05) is 0 Å². The van der Waals surface area contributed by atoms with Gasteiger partial charge < -0.3 is 15.2 Å². The summed E-state index contributed by atoms with van der Waals surface area (Å²) in [6.07, 6.45) is 5.03. The number of halogens is 3. The third-order valence-corrected chi connectivity index (χ3v) is 7.48. The number of hydrogen-bond donors (Lipinski definition) is 2. The van der Waals surface area contributed by atoms with E-state index >= 15 is 0 Å². The predicted octanol–water partition coefficient (Wildman–Crippen LogP) is 3.88. The molecule has 1 aromatic carbocycles. The molecular weight excluding hydrogens is 454 g/mol. The maximum atomic E-state index is 14.7. The number of carbonyl (C=O) groups is 1. The summed E-state index contributed by atoms with van der Waals surface area (Å²) in [4.78, 5) is 29.8. The van der Waals surface area contributed by atoms with Crippen LogP contribution in [0.1, 0.15) is 40.9 Å². The summed E-state index contributed by atoms with van der Waals surface area (Å²) in [6, 6.07) is 6.06. The van der Waals surface area contributed by atoms with Gasteiger partial charge in [0.05, 0.1) is 10.6 Å². The lowest BCUT2D eigenvalue weighted by Crippen LogP contribution is -2.42. The molecule has 9 heteroatoms. The SMILES string of the molecule is O=C(c1cc(Cc2c[nH]c(=O)c3cc(Cl)c(Cl)n23)ccc1F)N1CCC2(CCCNC2)C1. The molecule has 1 atom stereocenters. The second-order valence-electron chi connectivity index (χ2n) is 8.86. The Labute approximate surface area is 194 Å². The van der Waals surface area contributed by atoms with Gasteiger partial charge in [0.15, 0.2) is 0 Å². The van der Waals surface area contributed by atoms with Crippen LogP contribution >= 0.6 is 23.2 Å². The third-order valence-electron chi connectivity index (χ3n) is 6.72. The Hall–Kier alpha value is -2.35. The van der Waals surface area contributed by atoms with E-state index < -0.39 is 5.82 Å². The fourth-order valence-corrected chi connectivity index (χ4v) is 5.48. The standard InChI is InChI=1S/C23H23Cl2FN4O2/c24-17-10-19-21(31)28-11-15(30(19)20(17)25)8-14-2-3-18(26)16(9-14)22(32)29-7-5-23(13-29)4-1-6-27-12-23/h2-3,9-11,27H,1,4-8,12-13H2,(H,28,31). The first kappa shape index (κ1) is 21.5. The van der Waals surface area contributed by atoms with Crippen molar-refractivity contribution in [3.05, 3.63) is 73.6 Å². The van der Waals surface area contributed by atoms with Gasteiger partial charge in [0.1, 0.15) is 16.5 Å². The normalized spacial score (nSPS) is 21.0. The molecule has 2 N–H and O–H groups in total. The molecule has 3 aromatic rings. The summed E-state index contributed by atoms with van der Waals surface area (Å²) in [6.45, 7) is 3.21. The van der Waals surface area contributed by atoms with Crippen molar-refractivity contribution in [3.63, 3.8) is 0 Å². The van der Waals surface area contributed by atoms with Crippen molar-refractivity contribution in [2.45, 2.75) is 25.7 Å². The summed E-state index contributed by atoms with van der Waals surface area (Å²) >= 11 is 12.4. The zero-order chi connectivity index (χ0) is 22.5. The number of piperidine rings is 1. The summed E-state index contributed by atoms with van der Waals surface area (Å²) < 4.78 is 16.2. The van der Waals surface area contributed by atoms with Crippen molar-refractivity contribution in [2.75, 3.05) is 26.2 Å². The van der Waals surface area contributed by atoms with Crippen LogP contribution in [-0.2, 0) is 6.42 Å². The molecule has 6 nitrogen and oxygen atoms in total. The van der Waals surface area contributed by atoms with E-state index in [1.165, 1.54) is 12.1 Å². The van der Waals surface area contributed by atoms with Gasteiger partial charge in [-0.25, -0.2) is 4.39 Å². The van der Waals surface area contributed by atoms with E-state index in [0.29, 0.717) is 30.7 Å². The van der Waals surface area contributed by atoms with Crippen LogP contribution < -0.4 is 10.9 Å². The molecule has 5 rings (SSSR count). The number of benzene rings is 1. The molecule has 1 spiro atoms. The molecule has 2 aliphatic heterocycles. The number of hydrogen-bond acceptors (Lipinski definition) is 3. The first-order valence-corrected chi connectivity index (χ1v) is 11.5. The fourth-order valence-electron chi connectivity index (χ4n) is 5.03. The smallest absolute Gasteiger partial charge is 0.272 e. The molecular formula is C23H23Cl2FN4O2. The number of carbonyl (C=O) groups excluding carboxylic acids is 1. The highest BCUT2D eigenvalue weighted by Crippen LogP contribution is 2.37. The van der Waals surface area contributed by atoms with E-state index in [4.69, 9.17) is 23.2 Å². The third kappa shape index (κ3) is 3.72. The number of nitrogens with zero attached hydrogens (tertiary/aromatic N) is 2. The fraction of sp³-hybridized carbons (Fsp3) is 0.391. The molecule has 0 saturated carbocycles. The Kier molecular flexibility index (Phi) is 5.51. The molecule has 2 aromatic heterocycles. The second-order valence-corrected chi connectivity index (χ2v) is 9.63. The first-order chi connectivity index (χ1) is 15.4. The molecule has 1 unspecified atom stereocenters. The van der Waals surface area contributed by atoms with E-state index in [9.17, 15) is 14.0 Å². The van der Waals surface area contributed by atoms with Crippen molar-refractivity contribution >= 4 is 34.6 Å². The Morgan fingerprint density at radius 2 is 2.06 bits per heavy atom. The Morgan fingerprint density at radius 3 is 2.84 bits per heavy atom. The zero-order valence-corrected chi connectivity index (χ0v) is 18.9. The largest absolute Gasteiger partial charge is 0.338 e. The van der Waals surface area contributed by atoms with E-state index in [0.717, 1.165) is 37.9 Å². The summed E-state index contributed by atoms with van der Waals surface area (Å²) in [7, 11) is 0. The Morgan fingerprint density at radius 1 is 1.22 bits per heavy atom. The molecule has 4 heterocycles. The number of amides is 1. The molecule has 0 radical (unpaired) electrons. The number of rotatable bonds is 3. The van der Waals surface area contributed by atoms with Crippen LogP contribution in [0.5, 0.6) is 0 Å². The highest BCUT2D eigenvalue weighted by molar-refractivity contribution is 6.42. The molecule has 168 valence electrons. The van der Waals surface area contributed by atoms with Gasteiger partial charge in [-0.1, -0.05) is 29.3 Å². The number of H-pyrrole nitrogens is 1. The van der Waals surface area contributed by atoms with Gasteiger partial charge in [-0.3, -0.25) is 14.0 Å². The monoisotopic (exact) mass is 476 g/mol. The van der Waals surface area contributed by atoms with Crippen LogP contribution in [0.15, 0.2) is 35.3 Å². The van der Waals surface area contributed by atoms with Crippen molar-refractivity contribution in [1.82, 2.24) is 19.6 Å². The molecule has 0 aliphatic carbocycles. The van der Waals surface area contributed by atoms with E-state index in [2.05, 4.69) is 10.3 Å². The average Bonchev–Trinajstić information content (AvgIpc) is 3.33. The molecule has 2 fully saturated rings. The first-order valence-electron chi connectivity index (χ1n) is 10.7. The average molecular weight is 477 g/mol. The van der Waals surface area contributed by atoms with Gasteiger partial charge in [-0.05, 0) is 49.6 Å². The number of likely N-dealkylation sites (tertiary alicyclic amines) is 1. The van der Waals surface area contributed by atoms with Gasteiger partial charge >= 0.3 is 0 Å². The van der Waals surface area contributed by atoms with E-state index in [1.54, 1.807) is 27.6 Å². The van der Waals surface area contributed by atoms with Crippen LogP contribution in [0.2, 0.25) is 10.2 Å². The lowest BCUT2D eigenvalue weighted by Gasteiger charge is -2.33. The van der Waals surface area contributed by atoms with Gasteiger partial charge in [0.25, 0.3) is 11.5 Å². The lowest BCUT2D eigenvalue weighted by atomic mass is 9.80. The lowest BCUT2D eigenvalue weighted by molar-refractivity contribution is 0.0759. The molecule has 0 bridgehead atoms. The summed E-state index contributed by atoms with van der Waals surface area (Å²) in [5.74, 6) is -0.810. The minimum absolute atomic E-state index is 0.0700. The van der Waals surface area contributed by atoms with Crippen LogP contribution in [0.25, 0.3) is 5.52 Å². The summed E-state index contributed by atoms with van der Waals surface area (Å²) in [5, 5.41) is 3.95. The van der Waals surface area contributed by atoms with Crippen molar-refractivity contribution in [2.24, 2.45) is 5.41 Å². The minimum atomic E-state index is -0.532. The molecule has 2 saturated heterocycles. The van der Waals surface area contributed by atoms with Gasteiger partial charge in [-0.2, -0.15) is 0 Å². The molecule has 1 amide bonds. The minimum Gasteiger partial charge on any atom is -0.338 e. The summed E-state index contributed by atoms with van der Waals surface area (Å²) in [5.41, 5.74) is 1.61. The van der Waals surface area contributed by atoms with Gasteiger partial charge in [0.2, 0.25) is 0 Å². The van der Waals surface area contributed by atoms with Crippen LogP contribution in [0.3, 0.4) is 0 Å². The Bertz CT molecular complexity index is 1260. The van der Waals surface area contributed by atoms with Crippen molar-refractivity contribution in [1.29, 1.82) is 0 Å². The van der Waals surface area contributed by atoms with Crippen LogP contribution in [0.4, 0.5) is 4.39 Å². The van der Waals surface area contributed by atoms with Crippen LogP contribution in [-0.4, -0.2) is 46.4 Å². The topological polar surface area (TPSA) is 69.6 Å². The number of nitrogens with one attached hydrogen (secondary N) is 2. The quantitative estimate of drug-likeness (QED) is 0.602.